The van der Waals surface area contributed by atoms with E-state index in [0.29, 0.717) is 11.0 Å². The number of carbonyl (C=O) groups is 1. The van der Waals surface area contributed by atoms with Gasteiger partial charge in [0.2, 0.25) is 0 Å². The van der Waals surface area contributed by atoms with Crippen LogP contribution in [-0.2, 0) is 6.54 Å². The molecule has 0 aliphatic rings. The van der Waals surface area contributed by atoms with Crippen LogP contribution in [0.25, 0.3) is 10.9 Å². The Hall–Kier alpha value is -2.41. The molecule has 0 saturated heterocycles. The Morgan fingerprint density at radius 2 is 2.27 bits per heavy atom. The number of hydrogen-bond donors (Lipinski definition) is 2. The molecule has 22 heavy (non-hydrogen) atoms. The molecule has 2 heterocycles. The third-order valence-electron chi connectivity index (χ3n) is 3.44. The van der Waals surface area contributed by atoms with E-state index in [1.807, 2.05) is 18.2 Å². The van der Waals surface area contributed by atoms with E-state index in [9.17, 15) is 9.59 Å². The van der Waals surface area contributed by atoms with Crippen molar-refractivity contribution in [3.63, 3.8) is 0 Å². The molecule has 112 valence electrons. The molecule has 3 rings (SSSR count). The van der Waals surface area contributed by atoms with Crippen LogP contribution in [0.4, 0.5) is 0 Å². The fourth-order valence-electron chi connectivity index (χ4n) is 2.36. The van der Waals surface area contributed by atoms with Gasteiger partial charge in [-0.15, -0.1) is 0 Å². The Morgan fingerprint density at radius 3 is 3.05 bits per heavy atom. The molecule has 0 radical (unpaired) electrons. The van der Waals surface area contributed by atoms with Gasteiger partial charge in [0.1, 0.15) is 5.56 Å². The van der Waals surface area contributed by atoms with Gasteiger partial charge in [-0.2, -0.15) is 5.10 Å². The number of amides is 1. The van der Waals surface area contributed by atoms with Crippen LogP contribution >= 0.6 is 15.9 Å². The van der Waals surface area contributed by atoms with Gasteiger partial charge in [0, 0.05) is 23.1 Å². The number of rotatable bonds is 3. The van der Waals surface area contributed by atoms with Crippen LogP contribution in [0.5, 0.6) is 0 Å². The summed E-state index contributed by atoms with van der Waals surface area (Å²) in [6.45, 7) is 0.360. The number of hydrogen-bond acceptors (Lipinski definition) is 3. The van der Waals surface area contributed by atoms with Crippen molar-refractivity contribution in [1.82, 2.24) is 20.1 Å². The van der Waals surface area contributed by atoms with E-state index >= 15 is 0 Å². The SMILES string of the molecule is CNC(=O)c1cc(Br)cn(Cc2cccc3[nH]ncc23)c1=O. The van der Waals surface area contributed by atoms with Crippen LogP contribution in [0, 0.1) is 0 Å². The lowest BCUT2D eigenvalue weighted by Crippen LogP contribution is -2.31. The first kappa shape index (κ1) is 14.5. The number of benzene rings is 1. The zero-order valence-electron chi connectivity index (χ0n) is 11.8. The predicted molar refractivity (Wildman–Crippen MR) is 87.0 cm³/mol. The minimum atomic E-state index is -0.401. The van der Waals surface area contributed by atoms with Gasteiger partial charge in [-0.1, -0.05) is 12.1 Å². The highest BCUT2D eigenvalue weighted by atomic mass is 79.9. The monoisotopic (exact) mass is 360 g/mol. The molecule has 1 aromatic carbocycles. The average Bonchev–Trinajstić information content (AvgIpc) is 2.99. The van der Waals surface area contributed by atoms with Crippen LogP contribution in [0.1, 0.15) is 15.9 Å². The lowest BCUT2D eigenvalue weighted by Gasteiger charge is -2.10. The van der Waals surface area contributed by atoms with E-state index in [4.69, 9.17) is 0 Å². The third kappa shape index (κ3) is 2.55. The van der Waals surface area contributed by atoms with Crippen molar-refractivity contribution in [3.8, 4) is 0 Å². The summed E-state index contributed by atoms with van der Waals surface area (Å²) in [4.78, 5) is 24.3. The second-order valence-corrected chi connectivity index (χ2v) is 5.75. The summed E-state index contributed by atoms with van der Waals surface area (Å²) in [6.07, 6.45) is 3.40. The van der Waals surface area contributed by atoms with Gasteiger partial charge in [0.15, 0.2) is 0 Å². The highest BCUT2D eigenvalue weighted by Crippen LogP contribution is 2.17. The maximum absolute atomic E-state index is 12.5. The van der Waals surface area contributed by atoms with E-state index in [0.717, 1.165) is 16.5 Å². The second kappa shape index (κ2) is 5.76. The van der Waals surface area contributed by atoms with Crippen molar-refractivity contribution in [2.45, 2.75) is 6.54 Å². The van der Waals surface area contributed by atoms with E-state index in [2.05, 4.69) is 31.4 Å². The molecule has 0 unspecified atom stereocenters. The van der Waals surface area contributed by atoms with Gasteiger partial charge in [0.25, 0.3) is 11.5 Å². The predicted octanol–water partition coefficient (Wildman–Crippen LogP) is 1.89. The first-order valence-electron chi connectivity index (χ1n) is 6.63. The topological polar surface area (TPSA) is 79.8 Å². The van der Waals surface area contributed by atoms with Crippen molar-refractivity contribution in [2.24, 2.45) is 0 Å². The number of nitrogens with zero attached hydrogens (tertiary/aromatic N) is 2. The number of aromatic amines is 1. The second-order valence-electron chi connectivity index (χ2n) is 4.83. The molecular weight excluding hydrogens is 348 g/mol. The normalized spacial score (nSPS) is 10.8. The molecule has 1 amide bonds. The number of halogens is 1. The van der Waals surface area contributed by atoms with Crippen LogP contribution in [0.3, 0.4) is 0 Å². The minimum absolute atomic E-state index is 0.108. The summed E-state index contributed by atoms with van der Waals surface area (Å²) >= 11 is 3.34. The third-order valence-corrected chi connectivity index (χ3v) is 3.87. The number of fused-ring (bicyclic) bond motifs is 1. The molecule has 0 spiro atoms. The van der Waals surface area contributed by atoms with Gasteiger partial charge in [0.05, 0.1) is 18.3 Å². The molecule has 7 heteroatoms. The number of nitrogens with one attached hydrogen (secondary N) is 2. The molecule has 3 aromatic rings. The largest absolute Gasteiger partial charge is 0.355 e. The van der Waals surface area contributed by atoms with Gasteiger partial charge >= 0.3 is 0 Å². The van der Waals surface area contributed by atoms with Gasteiger partial charge in [-0.3, -0.25) is 14.7 Å². The number of H-pyrrole nitrogens is 1. The van der Waals surface area contributed by atoms with E-state index < -0.39 is 5.91 Å². The molecule has 0 bridgehead atoms. The number of carbonyl (C=O) groups excluding carboxylic acids is 1. The van der Waals surface area contributed by atoms with E-state index in [1.54, 1.807) is 12.4 Å². The summed E-state index contributed by atoms with van der Waals surface area (Å²) in [5.41, 5.74) is 1.64. The summed E-state index contributed by atoms with van der Waals surface area (Å²) in [6, 6.07) is 7.28. The minimum Gasteiger partial charge on any atom is -0.355 e. The molecule has 2 aromatic heterocycles. The van der Waals surface area contributed by atoms with E-state index in [1.165, 1.54) is 17.7 Å². The zero-order valence-corrected chi connectivity index (χ0v) is 13.3. The first-order valence-corrected chi connectivity index (χ1v) is 7.42. The molecule has 0 atom stereocenters. The number of pyridine rings is 1. The lowest BCUT2D eigenvalue weighted by atomic mass is 10.1. The maximum Gasteiger partial charge on any atom is 0.263 e. The van der Waals surface area contributed by atoms with Crippen LogP contribution in [0.15, 0.2) is 45.9 Å². The molecular formula is C15H13BrN4O2. The van der Waals surface area contributed by atoms with Crippen LogP contribution < -0.4 is 10.9 Å². The quantitative estimate of drug-likeness (QED) is 0.748. The van der Waals surface area contributed by atoms with Crippen molar-refractivity contribution >= 4 is 32.7 Å². The Balaban J connectivity index is 2.09. The Bertz CT molecular complexity index is 913. The zero-order chi connectivity index (χ0) is 15.7. The fraction of sp³-hybridized carbons (Fsp3) is 0.133. The fourth-order valence-corrected chi connectivity index (χ4v) is 2.84. The lowest BCUT2D eigenvalue weighted by molar-refractivity contribution is 0.0961. The molecule has 0 saturated carbocycles. The van der Waals surface area contributed by atoms with Crippen LogP contribution in [0.2, 0.25) is 0 Å². The molecule has 2 N–H and O–H groups in total. The molecule has 0 aliphatic carbocycles. The molecule has 0 fully saturated rings. The van der Waals surface area contributed by atoms with Gasteiger partial charge in [-0.05, 0) is 33.6 Å². The van der Waals surface area contributed by atoms with Crippen LogP contribution in [-0.4, -0.2) is 27.7 Å². The highest BCUT2D eigenvalue weighted by molar-refractivity contribution is 9.10. The summed E-state index contributed by atoms with van der Waals surface area (Å²) < 4.78 is 2.18. The van der Waals surface area contributed by atoms with Crippen molar-refractivity contribution in [2.75, 3.05) is 7.05 Å². The Labute approximate surface area is 134 Å². The first-order chi connectivity index (χ1) is 10.6. The Morgan fingerprint density at radius 1 is 1.45 bits per heavy atom. The standard InChI is InChI=1S/C15H13BrN4O2/c1-17-14(21)11-5-10(16)8-20(15(11)22)7-9-3-2-4-13-12(9)6-18-19-13/h2-6,8H,7H2,1H3,(H,17,21)(H,18,19). The number of aromatic nitrogens is 3. The van der Waals surface area contributed by atoms with Crippen molar-refractivity contribution < 1.29 is 4.79 Å². The Kier molecular flexibility index (Phi) is 3.81. The van der Waals surface area contributed by atoms with Gasteiger partial charge in [-0.25, -0.2) is 0 Å². The van der Waals surface area contributed by atoms with Gasteiger partial charge < -0.3 is 9.88 Å². The molecule has 6 nitrogen and oxygen atoms in total. The average molecular weight is 361 g/mol. The highest BCUT2D eigenvalue weighted by Gasteiger charge is 2.13. The summed E-state index contributed by atoms with van der Waals surface area (Å²) in [5, 5.41) is 10.3. The van der Waals surface area contributed by atoms with Crippen molar-refractivity contribution in [3.05, 3.63) is 62.6 Å². The smallest absolute Gasteiger partial charge is 0.263 e. The molecule has 0 aliphatic heterocycles. The summed E-state index contributed by atoms with van der Waals surface area (Å²) in [5.74, 6) is -0.401. The maximum atomic E-state index is 12.5. The van der Waals surface area contributed by atoms with E-state index in [-0.39, 0.29) is 11.1 Å². The van der Waals surface area contributed by atoms with Crippen molar-refractivity contribution in [1.29, 1.82) is 0 Å². The summed E-state index contributed by atoms with van der Waals surface area (Å²) in [7, 11) is 1.50.